The lowest BCUT2D eigenvalue weighted by Crippen LogP contribution is -2.37. The highest BCUT2D eigenvalue weighted by atomic mass is 32.1. The standard InChI is InChI=1S/C26H34N6OS/c1-16(2)23(24-28-29-30-32(24)26(5,6)7)31(15-21-9-8-10-34-21)14-20-13-19-11-17(3)18(4)12-22(19)27-25(20)33/h8-13,16,23H,14-15H2,1-7H3,(H,27,33)/t23-/m1/s1. The fraction of sp³-hybridized carbons (Fsp3) is 0.462. The molecule has 0 spiro atoms. The normalized spacial score (nSPS) is 13.3. The van der Waals surface area contributed by atoms with Crippen LogP contribution in [-0.4, -0.2) is 30.1 Å². The molecule has 0 saturated heterocycles. The van der Waals surface area contributed by atoms with Gasteiger partial charge in [-0.15, -0.1) is 16.4 Å². The molecule has 1 aromatic carbocycles. The summed E-state index contributed by atoms with van der Waals surface area (Å²) in [6.45, 7) is 16.1. The van der Waals surface area contributed by atoms with Gasteiger partial charge in [0.2, 0.25) is 0 Å². The van der Waals surface area contributed by atoms with E-state index in [4.69, 9.17) is 0 Å². The predicted molar refractivity (Wildman–Crippen MR) is 138 cm³/mol. The first-order valence-electron chi connectivity index (χ1n) is 11.7. The Bertz CT molecular complexity index is 1330. The van der Waals surface area contributed by atoms with Crippen molar-refractivity contribution in [1.29, 1.82) is 0 Å². The molecule has 4 rings (SSSR count). The van der Waals surface area contributed by atoms with Gasteiger partial charge in [-0.2, -0.15) is 0 Å². The third kappa shape index (κ3) is 4.98. The van der Waals surface area contributed by atoms with Gasteiger partial charge >= 0.3 is 0 Å². The quantitative estimate of drug-likeness (QED) is 0.387. The number of nitrogens with zero attached hydrogens (tertiary/aromatic N) is 5. The van der Waals surface area contributed by atoms with Crippen molar-refractivity contribution < 1.29 is 0 Å². The van der Waals surface area contributed by atoms with Gasteiger partial charge in [0.25, 0.3) is 5.56 Å². The molecule has 0 bridgehead atoms. The molecule has 0 radical (unpaired) electrons. The maximum Gasteiger partial charge on any atom is 0.252 e. The van der Waals surface area contributed by atoms with Crippen LogP contribution in [0.4, 0.5) is 0 Å². The highest BCUT2D eigenvalue weighted by molar-refractivity contribution is 7.09. The highest BCUT2D eigenvalue weighted by Crippen LogP contribution is 2.32. The van der Waals surface area contributed by atoms with Gasteiger partial charge in [-0.3, -0.25) is 9.69 Å². The van der Waals surface area contributed by atoms with Crippen molar-refractivity contribution in [2.45, 2.75) is 73.1 Å². The Labute approximate surface area is 204 Å². The number of hydrogen-bond donors (Lipinski definition) is 1. The second kappa shape index (κ2) is 9.43. The fourth-order valence-electron chi connectivity index (χ4n) is 4.45. The zero-order chi connectivity index (χ0) is 24.6. The minimum Gasteiger partial charge on any atom is -0.322 e. The number of pyridine rings is 1. The molecule has 1 N–H and O–H groups in total. The van der Waals surface area contributed by atoms with E-state index < -0.39 is 0 Å². The van der Waals surface area contributed by atoms with Crippen molar-refractivity contribution in [2.75, 3.05) is 0 Å². The Balaban J connectivity index is 1.80. The van der Waals surface area contributed by atoms with Crippen molar-refractivity contribution in [2.24, 2.45) is 5.92 Å². The fourth-order valence-corrected chi connectivity index (χ4v) is 5.18. The smallest absolute Gasteiger partial charge is 0.252 e. The summed E-state index contributed by atoms with van der Waals surface area (Å²) in [5.74, 6) is 1.05. The van der Waals surface area contributed by atoms with E-state index >= 15 is 0 Å². The summed E-state index contributed by atoms with van der Waals surface area (Å²) in [5.41, 5.74) is 3.70. The summed E-state index contributed by atoms with van der Waals surface area (Å²) >= 11 is 1.72. The first-order valence-corrected chi connectivity index (χ1v) is 12.6. The van der Waals surface area contributed by atoms with Gasteiger partial charge in [0, 0.05) is 29.0 Å². The van der Waals surface area contributed by atoms with Gasteiger partial charge in [-0.05, 0) is 97.1 Å². The molecule has 34 heavy (non-hydrogen) atoms. The predicted octanol–water partition coefficient (Wildman–Crippen LogP) is 5.35. The van der Waals surface area contributed by atoms with Crippen molar-refractivity contribution in [3.8, 4) is 0 Å². The van der Waals surface area contributed by atoms with E-state index in [1.165, 1.54) is 16.0 Å². The highest BCUT2D eigenvalue weighted by Gasteiger charge is 2.33. The van der Waals surface area contributed by atoms with E-state index in [-0.39, 0.29) is 23.1 Å². The molecule has 0 unspecified atom stereocenters. The number of nitrogens with one attached hydrogen (secondary N) is 1. The summed E-state index contributed by atoms with van der Waals surface area (Å²) in [7, 11) is 0. The minimum atomic E-state index is -0.254. The SMILES string of the molecule is Cc1cc2cc(CN(Cc3cccs3)[C@@H](c3nnnn3C(C)(C)C)C(C)C)c(=O)[nH]c2cc1C. The van der Waals surface area contributed by atoms with Gasteiger partial charge in [-0.1, -0.05) is 19.9 Å². The number of hydrogen-bond acceptors (Lipinski definition) is 6. The van der Waals surface area contributed by atoms with Crippen LogP contribution in [0.3, 0.4) is 0 Å². The maximum atomic E-state index is 13.1. The number of thiophene rings is 1. The van der Waals surface area contributed by atoms with Gasteiger partial charge in [0.05, 0.1) is 11.6 Å². The largest absolute Gasteiger partial charge is 0.322 e. The van der Waals surface area contributed by atoms with Crippen LogP contribution < -0.4 is 5.56 Å². The first-order chi connectivity index (χ1) is 16.0. The van der Waals surface area contributed by atoms with Crippen LogP contribution in [0.25, 0.3) is 10.9 Å². The third-order valence-corrected chi connectivity index (χ3v) is 7.13. The summed E-state index contributed by atoms with van der Waals surface area (Å²) in [6.07, 6.45) is 0. The average molecular weight is 479 g/mol. The van der Waals surface area contributed by atoms with Crippen LogP contribution in [0.1, 0.15) is 68.1 Å². The average Bonchev–Trinajstić information content (AvgIpc) is 3.42. The number of benzene rings is 1. The summed E-state index contributed by atoms with van der Waals surface area (Å²) < 4.78 is 1.91. The topological polar surface area (TPSA) is 79.7 Å². The Morgan fingerprint density at radius 2 is 1.85 bits per heavy atom. The van der Waals surface area contributed by atoms with Gasteiger partial charge in [-0.25, -0.2) is 4.68 Å². The molecule has 4 aromatic rings. The molecule has 180 valence electrons. The van der Waals surface area contributed by atoms with Crippen LogP contribution >= 0.6 is 11.3 Å². The van der Waals surface area contributed by atoms with E-state index in [0.29, 0.717) is 13.1 Å². The number of aryl methyl sites for hydroxylation is 2. The van der Waals surface area contributed by atoms with Crippen LogP contribution in [0.2, 0.25) is 0 Å². The molecule has 0 aliphatic carbocycles. The number of fused-ring (bicyclic) bond motifs is 1. The summed E-state index contributed by atoms with van der Waals surface area (Å²) in [6, 6.07) is 10.4. The van der Waals surface area contributed by atoms with Crippen LogP contribution in [0.15, 0.2) is 40.5 Å². The molecule has 1 atom stereocenters. The van der Waals surface area contributed by atoms with E-state index in [2.05, 4.69) is 97.5 Å². The molecule has 0 saturated carbocycles. The molecule has 3 heterocycles. The molecule has 0 fully saturated rings. The van der Waals surface area contributed by atoms with E-state index in [0.717, 1.165) is 22.3 Å². The molecule has 8 heteroatoms. The lowest BCUT2D eigenvalue weighted by molar-refractivity contribution is 0.121. The first kappa shape index (κ1) is 24.3. The maximum absolute atomic E-state index is 13.1. The Kier molecular flexibility index (Phi) is 6.73. The van der Waals surface area contributed by atoms with E-state index in [1.807, 2.05) is 16.8 Å². The summed E-state index contributed by atoms with van der Waals surface area (Å²) in [4.78, 5) is 19.8. The molecule has 0 aliphatic heterocycles. The van der Waals surface area contributed by atoms with Gasteiger partial charge in [0.1, 0.15) is 0 Å². The molecule has 7 nitrogen and oxygen atoms in total. The van der Waals surface area contributed by atoms with Crippen molar-refractivity contribution >= 4 is 22.2 Å². The van der Waals surface area contributed by atoms with Crippen molar-refractivity contribution in [3.05, 3.63) is 73.5 Å². The molecule has 0 aliphatic rings. The minimum absolute atomic E-state index is 0.0511. The number of rotatable bonds is 7. The molecular weight excluding hydrogens is 444 g/mol. The number of aromatic nitrogens is 5. The van der Waals surface area contributed by atoms with E-state index in [9.17, 15) is 4.79 Å². The Morgan fingerprint density at radius 3 is 2.50 bits per heavy atom. The second-order valence-corrected chi connectivity index (χ2v) is 11.5. The monoisotopic (exact) mass is 478 g/mol. The van der Waals surface area contributed by atoms with Crippen molar-refractivity contribution in [3.63, 3.8) is 0 Å². The third-order valence-electron chi connectivity index (χ3n) is 6.27. The van der Waals surface area contributed by atoms with Crippen molar-refractivity contribution in [1.82, 2.24) is 30.1 Å². The van der Waals surface area contributed by atoms with E-state index in [1.54, 1.807) is 11.3 Å². The molecule has 0 amide bonds. The Morgan fingerprint density at radius 1 is 1.12 bits per heavy atom. The van der Waals surface area contributed by atoms with Gasteiger partial charge < -0.3 is 4.98 Å². The number of tetrazole rings is 1. The summed E-state index contributed by atoms with van der Waals surface area (Å²) in [5, 5.41) is 15.9. The number of aromatic amines is 1. The van der Waals surface area contributed by atoms with Crippen LogP contribution in [0, 0.1) is 19.8 Å². The Hall–Kier alpha value is -2.84. The zero-order valence-corrected chi connectivity index (χ0v) is 21.9. The number of H-pyrrole nitrogens is 1. The van der Waals surface area contributed by atoms with Gasteiger partial charge in [0.15, 0.2) is 5.82 Å². The van der Waals surface area contributed by atoms with Crippen LogP contribution in [0.5, 0.6) is 0 Å². The second-order valence-electron chi connectivity index (χ2n) is 10.4. The molecule has 3 aromatic heterocycles. The lowest BCUT2D eigenvalue weighted by Gasteiger charge is -2.35. The lowest BCUT2D eigenvalue weighted by atomic mass is 9.98. The molecular formula is C26H34N6OS. The zero-order valence-electron chi connectivity index (χ0n) is 21.1. The van der Waals surface area contributed by atoms with Crippen LogP contribution in [-0.2, 0) is 18.6 Å².